The smallest absolute Gasteiger partial charge is 0.138 e. The number of imidazole rings is 1. The van der Waals surface area contributed by atoms with Gasteiger partial charge in [-0.15, -0.1) is 0 Å². The summed E-state index contributed by atoms with van der Waals surface area (Å²) >= 11 is 0. The van der Waals surface area contributed by atoms with Crippen molar-refractivity contribution in [2.24, 2.45) is 0 Å². The summed E-state index contributed by atoms with van der Waals surface area (Å²) in [5.74, 6) is 0.986. The summed E-state index contributed by atoms with van der Waals surface area (Å²) in [6.45, 7) is 4.28. The van der Waals surface area contributed by atoms with E-state index in [1.807, 2.05) is 0 Å². The third-order valence-electron chi connectivity index (χ3n) is 4.47. The number of aryl methyl sites for hydroxylation is 4. The standard InChI is InChI=1S/C18H18N2/c1-11-8-16-17(9-12(11)2)20-18(19-16)15-7-6-13-4-3-5-14(13)10-15/h6-10H,3-5H2,1-2H3,(H,19,20). The number of nitrogens with one attached hydrogen (secondary N) is 1. The maximum atomic E-state index is 4.75. The van der Waals surface area contributed by atoms with Crippen molar-refractivity contribution in [1.29, 1.82) is 0 Å². The van der Waals surface area contributed by atoms with Gasteiger partial charge in [-0.1, -0.05) is 12.1 Å². The maximum absolute atomic E-state index is 4.75. The molecule has 100 valence electrons. The number of nitrogens with zero attached hydrogens (tertiary/aromatic N) is 1. The van der Waals surface area contributed by atoms with Crippen molar-refractivity contribution >= 4 is 11.0 Å². The van der Waals surface area contributed by atoms with Gasteiger partial charge in [0.25, 0.3) is 0 Å². The molecule has 2 aromatic carbocycles. The minimum Gasteiger partial charge on any atom is -0.338 e. The Labute approximate surface area is 118 Å². The summed E-state index contributed by atoms with van der Waals surface area (Å²) in [5, 5.41) is 0. The maximum Gasteiger partial charge on any atom is 0.138 e. The van der Waals surface area contributed by atoms with Crippen molar-refractivity contribution in [3.05, 3.63) is 52.6 Å². The average Bonchev–Trinajstić information content (AvgIpc) is 3.04. The molecule has 0 radical (unpaired) electrons. The molecule has 0 atom stereocenters. The number of H-pyrrole nitrogens is 1. The summed E-state index contributed by atoms with van der Waals surface area (Å²) in [6, 6.07) is 11.1. The fourth-order valence-electron chi connectivity index (χ4n) is 3.13. The molecular formula is C18H18N2. The molecule has 2 nitrogen and oxygen atoms in total. The highest BCUT2D eigenvalue weighted by atomic mass is 14.9. The molecule has 0 aliphatic heterocycles. The van der Waals surface area contributed by atoms with E-state index in [-0.39, 0.29) is 0 Å². The number of rotatable bonds is 1. The summed E-state index contributed by atoms with van der Waals surface area (Å²) < 4.78 is 0. The monoisotopic (exact) mass is 262 g/mol. The van der Waals surface area contributed by atoms with E-state index in [1.54, 1.807) is 0 Å². The minimum atomic E-state index is 0.986. The van der Waals surface area contributed by atoms with E-state index >= 15 is 0 Å². The molecule has 0 spiro atoms. The van der Waals surface area contributed by atoms with Gasteiger partial charge in [0.05, 0.1) is 11.0 Å². The summed E-state index contributed by atoms with van der Waals surface area (Å²) in [5.41, 5.74) is 9.00. The summed E-state index contributed by atoms with van der Waals surface area (Å²) in [4.78, 5) is 8.21. The molecule has 3 aromatic rings. The highest BCUT2D eigenvalue weighted by Crippen LogP contribution is 2.28. The molecule has 0 unspecified atom stereocenters. The second-order valence-electron chi connectivity index (χ2n) is 5.88. The van der Waals surface area contributed by atoms with Crippen molar-refractivity contribution < 1.29 is 0 Å². The van der Waals surface area contributed by atoms with E-state index in [0.717, 1.165) is 16.9 Å². The lowest BCUT2D eigenvalue weighted by molar-refractivity contribution is 0.912. The molecule has 0 saturated heterocycles. The zero-order chi connectivity index (χ0) is 13.7. The first-order valence-corrected chi connectivity index (χ1v) is 7.30. The Hall–Kier alpha value is -2.09. The Morgan fingerprint density at radius 2 is 1.75 bits per heavy atom. The van der Waals surface area contributed by atoms with Crippen LogP contribution in [0.4, 0.5) is 0 Å². The molecular weight excluding hydrogens is 244 g/mol. The molecule has 1 N–H and O–H groups in total. The van der Waals surface area contributed by atoms with E-state index in [4.69, 9.17) is 4.98 Å². The molecule has 1 aliphatic rings. The van der Waals surface area contributed by atoms with E-state index in [1.165, 1.54) is 47.1 Å². The van der Waals surface area contributed by atoms with Gasteiger partial charge in [0.2, 0.25) is 0 Å². The second kappa shape index (κ2) is 4.20. The predicted molar refractivity (Wildman–Crippen MR) is 83.0 cm³/mol. The lowest BCUT2D eigenvalue weighted by Crippen LogP contribution is -1.85. The normalized spacial score (nSPS) is 13.9. The van der Waals surface area contributed by atoms with Crippen LogP contribution in [0.1, 0.15) is 28.7 Å². The highest BCUT2D eigenvalue weighted by molar-refractivity contribution is 5.81. The van der Waals surface area contributed by atoms with Crippen LogP contribution in [0.3, 0.4) is 0 Å². The van der Waals surface area contributed by atoms with Crippen LogP contribution in [-0.2, 0) is 12.8 Å². The van der Waals surface area contributed by atoms with Gasteiger partial charge in [-0.05, 0) is 73.6 Å². The highest BCUT2D eigenvalue weighted by Gasteiger charge is 2.13. The van der Waals surface area contributed by atoms with Crippen molar-refractivity contribution in [3.63, 3.8) is 0 Å². The number of aromatic amines is 1. The lowest BCUT2D eigenvalue weighted by atomic mass is 10.1. The SMILES string of the molecule is Cc1cc2nc(-c3ccc4c(c3)CCC4)[nH]c2cc1C. The molecule has 1 aromatic heterocycles. The van der Waals surface area contributed by atoms with Crippen LogP contribution < -0.4 is 0 Å². The fourth-order valence-corrected chi connectivity index (χ4v) is 3.13. The van der Waals surface area contributed by atoms with E-state index in [2.05, 4.69) is 49.2 Å². The Balaban J connectivity index is 1.86. The van der Waals surface area contributed by atoms with Crippen LogP contribution in [0.5, 0.6) is 0 Å². The van der Waals surface area contributed by atoms with E-state index in [0.29, 0.717) is 0 Å². The van der Waals surface area contributed by atoms with Crippen molar-refractivity contribution in [1.82, 2.24) is 9.97 Å². The van der Waals surface area contributed by atoms with Gasteiger partial charge in [-0.3, -0.25) is 0 Å². The van der Waals surface area contributed by atoms with Crippen LogP contribution in [0, 0.1) is 13.8 Å². The minimum absolute atomic E-state index is 0.986. The third kappa shape index (κ3) is 1.75. The molecule has 1 aliphatic carbocycles. The molecule has 20 heavy (non-hydrogen) atoms. The largest absolute Gasteiger partial charge is 0.338 e. The fraction of sp³-hybridized carbons (Fsp3) is 0.278. The van der Waals surface area contributed by atoms with Gasteiger partial charge >= 0.3 is 0 Å². The third-order valence-corrected chi connectivity index (χ3v) is 4.47. The van der Waals surface area contributed by atoms with Crippen LogP contribution in [-0.4, -0.2) is 9.97 Å². The Bertz CT molecular complexity index is 773. The number of hydrogen-bond acceptors (Lipinski definition) is 1. The van der Waals surface area contributed by atoms with Crippen LogP contribution >= 0.6 is 0 Å². The van der Waals surface area contributed by atoms with Gasteiger partial charge in [0.1, 0.15) is 5.82 Å². The molecule has 0 bridgehead atoms. The molecule has 0 saturated carbocycles. The van der Waals surface area contributed by atoms with Crippen molar-refractivity contribution in [2.45, 2.75) is 33.1 Å². The van der Waals surface area contributed by atoms with E-state index in [9.17, 15) is 0 Å². The molecule has 1 heterocycles. The van der Waals surface area contributed by atoms with Crippen LogP contribution in [0.25, 0.3) is 22.4 Å². The first kappa shape index (κ1) is 11.7. The van der Waals surface area contributed by atoms with E-state index < -0.39 is 0 Å². The zero-order valence-corrected chi connectivity index (χ0v) is 12.0. The zero-order valence-electron chi connectivity index (χ0n) is 12.0. The van der Waals surface area contributed by atoms with Gasteiger partial charge in [-0.2, -0.15) is 0 Å². The number of benzene rings is 2. The molecule has 2 heteroatoms. The summed E-state index contributed by atoms with van der Waals surface area (Å²) in [7, 11) is 0. The molecule has 4 rings (SSSR count). The topological polar surface area (TPSA) is 28.7 Å². The first-order valence-electron chi connectivity index (χ1n) is 7.30. The Morgan fingerprint density at radius 1 is 0.950 bits per heavy atom. The number of fused-ring (bicyclic) bond motifs is 2. The van der Waals surface area contributed by atoms with Gasteiger partial charge in [0.15, 0.2) is 0 Å². The predicted octanol–water partition coefficient (Wildman–Crippen LogP) is 4.34. The number of hydrogen-bond donors (Lipinski definition) is 1. The molecule has 0 amide bonds. The Kier molecular flexibility index (Phi) is 2.46. The van der Waals surface area contributed by atoms with Crippen molar-refractivity contribution in [3.8, 4) is 11.4 Å². The molecule has 0 fully saturated rings. The van der Waals surface area contributed by atoms with Crippen LogP contribution in [0.2, 0.25) is 0 Å². The Morgan fingerprint density at radius 3 is 2.65 bits per heavy atom. The van der Waals surface area contributed by atoms with Gasteiger partial charge in [0, 0.05) is 5.56 Å². The van der Waals surface area contributed by atoms with Gasteiger partial charge < -0.3 is 4.98 Å². The quantitative estimate of drug-likeness (QED) is 0.694. The first-order chi connectivity index (χ1) is 9.70. The average molecular weight is 262 g/mol. The number of aromatic nitrogens is 2. The van der Waals surface area contributed by atoms with Crippen LogP contribution in [0.15, 0.2) is 30.3 Å². The second-order valence-corrected chi connectivity index (χ2v) is 5.88. The summed E-state index contributed by atoms with van der Waals surface area (Å²) in [6.07, 6.45) is 3.73. The van der Waals surface area contributed by atoms with Gasteiger partial charge in [-0.25, -0.2) is 4.98 Å². The lowest BCUT2D eigenvalue weighted by Gasteiger charge is -2.01. The van der Waals surface area contributed by atoms with Crippen molar-refractivity contribution in [2.75, 3.05) is 0 Å².